The molecule has 1 aromatic rings. The number of thiophene rings is 1. The first kappa shape index (κ1) is 9.67. The molecule has 2 rings (SSSR count). The van der Waals surface area contributed by atoms with Crippen LogP contribution in [0, 0.1) is 6.92 Å². The van der Waals surface area contributed by atoms with E-state index in [1.807, 2.05) is 6.92 Å². The van der Waals surface area contributed by atoms with E-state index in [1.54, 1.807) is 6.07 Å². The molecule has 0 aliphatic carbocycles. The second kappa shape index (κ2) is 2.80. The molecule has 2 heterocycles. The quantitative estimate of drug-likeness (QED) is 0.662. The van der Waals surface area contributed by atoms with Crippen LogP contribution in [0.25, 0.3) is 0 Å². The molecule has 14 heavy (non-hydrogen) atoms. The van der Waals surface area contributed by atoms with Gasteiger partial charge in [0.05, 0.1) is 6.42 Å². The Kier molecular flexibility index (Phi) is 1.94. The summed E-state index contributed by atoms with van der Waals surface area (Å²) in [6.45, 7) is 1.84. The van der Waals surface area contributed by atoms with E-state index in [2.05, 4.69) is 0 Å². The third-order valence-electron chi connectivity index (χ3n) is 2.18. The first-order valence-corrected chi connectivity index (χ1v) is 6.29. The molecule has 6 heteroatoms. The summed E-state index contributed by atoms with van der Waals surface area (Å²) in [6.07, 6.45) is 0.190. The lowest BCUT2D eigenvalue weighted by atomic mass is 10.2. The van der Waals surface area contributed by atoms with E-state index in [-0.39, 0.29) is 12.3 Å². The third kappa shape index (κ3) is 1.18. The lowest BCUT2D eigenvalue weighted by Crippen LogP contribution is -2.37. The van der Waals surface area contributed by atoms with Crippen molar-refractivity contribution in [3.05, 3.63) is 16.5 Å². The van der Waals surface area contributed by atoms with Gasteiger partial charge in [0.15, 0.2) is 0 Å². The lowest BCUT2D eigenvalue weighted by molar-refractivity contribution is -0.125. The molecule has 0 saturated heterocycles. The molecule has 1 amide bonds. The Morgan fingerprint density at radius 2 is 2.14 bits per heavy atom. The van der Waals surface area contributed by atoms with Gasteiger partial charge in [-0.3, -0.25) is 4.79 Å². The summed E-state index contributed by atoms with van der Waals surface area (Å²) in [6, 6.07) is 1.77. The van der Waals surface area contributed by atoms with Crippen LogP contribution in [0.2, 0.25) is 0 Å². The molecule has 0 saturated carbocycles. The Balaban J connectivity index is 2.71. The Morgan fingerprint density at radius 1 is 1.50 bits per heavy atom. The number of fused-ring (bicyclic) bond motifs is 1. The Hall–Kier alpha value is -0.880. The second-order valence-electron chi connectivity index (χ2n) is 3.21. The number of carbonyl (C=O) groups is 1. The van der Waals surface area contributed by atoms with Crippen molar-refractivity contribution in [3.8, 4) is 0 Å². The maximum Gasteiger partial charge on any atom is 0.276 e. The number of hydrogen-bond acceptors (Lipinski definition) is 4. The highest BCUT2D eigenvalue weighted by Gasteiger charge is 2.35. The topological polar surface area (TPSA) is 54.5 Å². The van der Waals surface area contributed by atoms with Crippen molar-refractivity contribution in [3.63, 3.8) is 0 Å². The van der Waals surface area contributed by atoms with Crippen LogP contribution in [0.15, 0.2) is 10.3 Å². The monoisotopic (exact) mass is 231 g/mol. The van der Waals surface area contributed by atoms with Crippen LogP contribution in [0.3, 0.4) is 0 Å². The van der Waals surface area contributed by atoms with Gasteiger partial charge in [0.25, 0.3) is 10.0 Å². The molecule has 4 nitrogen and oxygen atoms in total. The number of carbonyl (C=O) groups excluding carboxylic acids is 1. The summed E-state index contributed by atoms with van der Waals surface area (Å²) < 4.78 is 24.6. The molecule has 1 aliphatic rings. The average Bonchev–Trinajstić information content (AvgIpc) is 2.44. The zero-order chi connectivity index (χ0) is 10.5. The molecular weight excluding hydrogens is 222 g/mol. The summed E-state index contributed by atoms with van der Waals surface area (Å²) in [5.41, 5.74) is 0.635. The predicted molar refractivity (Wildman–Crippen MR) is 52.7 cm³/mol. The number of aryl methyl sites for hydroxylation is 1. The summed E-state index contributed by atoms with van der Waals surface area (Å²) in [7, 11) is -2.25. The number of likely N-dealkylation sites (N-methyl/N-ethyl adjacent to an activating group) is 1. The Morgan fingerprint density at radius 3 is 2.79 bits per heavy atom. The first-order valence-electron chi connectivity index (χ1n) is 4.04. The molecule has 0 fully saturated rings. The van der Waals surface area contributed by atoms with Crippen LogP contribution < -0.4 is 0 Å². The number of amides is 1. The molecule has 0 N–H and O–H groups in total. The molecule has 0 spiro atoms. The molecule has 1 aromatic heterocycles. The van der Waals surface area contributed by atoms with E-state index in [9.17, 15) is 13.2 Å². The van der Waals surface area contributed by atoms with Gasteiger partial charge in [-0.05, 0) is 18.6 Å². The fourth-order valence-electron chi connectivity index (χ4n) is 1.42. The first-order chi connectivity index (χ1) is 6.43. The zero-order valence-electron chi connectivity index (χ0n) is 7.77. The van der Waals surface area contributed by atoms with Gasteiger partial charge in [0.1, 0.15) is 4.21 Å². The van der Waals surface area contributed by atoms with Gasteiger partial charge in [-0.2, -0.15) is 0 Å². The highest BCUT2D eigenvalue weighted by Crippen LogP contribution is 2.33. The SMILES string of the molecule is Cc1cc2c(s1)S(=O)(=O)N(C)C(=O)C2. The molecule has 76 valence electrons. The summed E-state index contributed by atoms with van der Waals surface area (Å²) in [5.74, 6) is -0.365. The van der Waals surface area contributed by atoms with Gasteiger partial charge >= 0.3 is 0 Å². The highest BCUT2D eigenvalue weighted by molar-refractivity contribution is 7.91. The van der Waals surface area contributed by atoms with Gasteiger partial charge in [0.2, 0.25) is 5.91 Å². The number of nitrogens with zero attached hydrogens (tertiary/aromatic N) is 1. The second-order valence-corrected chi connectivity index (χ2v) is 6.63. The van der Waals surface area contributed by atoms with Crippen LogP contribution in [-0.2, 0) is 21.2 Å². The van der Waals surface area contributed by atoms with E-state index in [4.69, 9.17) is 0 Å². The van der Waals surface area contributed by atoms with Crippen molar-refractivity contribution in [1.82, 2.24) is 4.31 Å². The molecule has 0 aromatic carbocycles. The van der Waals surface area contributed by atoms with Gasteiger partial charge < -0.3 is 0 Å². The van der Waals surface area contributed by atoms with Crippen LogP contribution in [0.5, 0.6) is 0 Å². The zero-order valence-corrected chi connectivity index (χ0v) is 9.41. The average molecular weight is 231 g/mol. The fourth-order valence-corrected chi connectivity index (χ4v) is 4.37. The van der Waals surface area contributed by atoms with Crippen molar-refractivity contribution >= 4 is 27.3 Å². The highest BCUT2D eigenvalue weighted by atomic mass is 32.2. The van der Waals surface area contributed by atoms with E-state index in [0.29, 0.717) is 9.77 Å². The summed E-state index contributed by atoms with van der Waals surface area (Å²) in [4.78, 5) is 12.3. The smallest absolute Gasteiger partial charge is 0.273 e. The minimum atomic E-state index is -3.55. The molecule has 0 unspecified atom stereocenters. The maximum atomic E-state index is 11.7. The van der Waals surface area contributed by atoms with Gasteiger partial charge in [-0.1, -0.05) is 0 Å². The van der Waals surface area contributed by atoms with Crippen molar-refractivity contribution in [2.24, 2.45) is 0 Å². The van der Waals surface area contributed by atoms with Crippen LogP contribution in [0.4, 0.5) is 0 Å². The third-order valence-corrected chi connectivity index (χ3v) is 5.61. The van der Waals surface area contributed by atoms with Gasteiger partial charge in [-0.25, -0.2) is 12.7 Å². The van der Waals surface area contributed by atoms with Crippen LogP contribution in [0.1, 0.15) is 10.4 Å². The largest absolute Gasteiger partial charge is 0.276 e. The van der Waals surface area contributed by atoms with Crippen molar-refractivity contribution in [1.29, 1.82) is 0 Å². The minimum absolute atomic E-state index is 0.190. The maximum absolute atomic E-state index is 11.7. The lowest BCUT2D eigenvalue weighted by Gasteiger charge is -2.21. The molecule has 0 bridgehead atoms. The van der Waals surface area contributed by atoms with Crippen LogP contribution in [-0.4, -0.2) is 25.7 Å². The van der Waals surface area contributed by atoms with Crippen LogP contribution >= 0.6 is 11.3 Å². The predicted octanol–water partition coefficient (Wildman–Crippen LogP) is 0.760. The van der Waals surface area contributed by atoms with Crippen molar-refractivity contribution in [2.45, 2.75) is 17.6 Å². The summed E-state index contributed by atoms with van der Waals surface area (Å²) >= 11 is 1.22. The molecule has 1 aliphatic heterocycles. The number of hydrogen-bond donors (Lipinski definition) is 0. The standard InChI is InChI=1S/C8H9NO3S2/c1-5-3-6-4-7(10)9(2)14(11,12)8(6)13-5/h3H,4H2,1-2H3. The molecule has 0 atom stereocenters. The van der Waals surface area contributed by atoms with Crippen molar-refractivity contribution in [2.75, 3.05) is 7.05 Å². The summed E-state index contributed by atoms with van der Waals surface area (Å²) in [5, 5.41) is 0. The number of sulfonamides is 1. The molecule has 0 radical (unpaired) electrons. The van der Waals surface area contributed by atoms with E-state index < -0.39 is 10.0 Å². The Bertz CT molecular complexity index is 501. The van der Waals surface area contributed by atoms with E-state index >= 15 is 0 Å². The van der Waals surface area contributed by atoms with Gasteiger partial charge in [0, 0.05) is 11.9 Å². The van der Waals surface area contributed by atoms with Gasteiger partial charge in [-0.15, -0.1) is 11.3 Å². The minimum Gasteiger partial charge on any atom is -0.273 e. The normalized spacial score (nSPS) is 19.6. The van der Waals surface area contributed by atoms with E-state index in [1.165, 1.54) is 18.4 Å². The Labute approximate surface area is 86.2 Å². The fraction of sp³-hybridized carbons (Fsp3) is 0.375. The number of rotatable bonds is 0. The molecular formula is C8H9NO3S2. The van der Waals surface area contributed by atoms with E-state index in [0.717, 1.165) is 9.18 Å². The van der Waals surface area contributed by atoms with Crippen molar-refractivity contribution < 1.29 is 13.2 Å².